The highest BCUT2D eigenvalue weighted by Gasteiger charge is 2.35. The van der Waals surface area contributed by atoms with Crippen molar-refractivity contribution in [3.05, 3.63) is 40.8 Å². The summed E-state index contributed by atoms with van der Waals surface area (Å²) in [6.45, 7) is 6.51. The number of carbonyl (C=O) groups excluding carboxylic acids is 1. The SMILES string of the molecule is COCOc1cc(Cl)c(F)cc1-c1ccc(C2CN(C(=O)OC(C)(C)C)C2)nn1. The summed E-state index contributed by atoms with van der Waals surface area (Å²) >= 11 is 5.85. The van der Waals surface area contributed by atoms with Crippen LogP contribution in [0.5, 0.6) is 5.75 Å². The zero-order valence-corrected chi connectivity index (χ0v) is 17.5. The summed E-state index contributed by atoms with van der Waals surface area (Å²) in [6.07, 6.45) is -0.338. The largest absolute Gasteiger partial charge is 0.467 e. The predicted octanol–water partition coefficient (Wildman–Crippen LogP) is 4.25. The minimum atomic E-state index is -0.579. The van der Waals surface area contributed by atoms with E-state index in [0.717, 1.165) is 5.69 Å². The number of hydrogen-bond donors (Lipinski definition) is 0. The number of nitrogens with zero attached hydrogens (tertiary/aromatic N) is 3. The monoisotopic (exact) mass is 423 g/mol. The molecular weight excluding hydrogens is 401 g/mol. The summed E-state index contributed by atoms with van der Waals surface area (Å²) in [7, 11) is 1.48. The quantitative estimate of drug-likeness (QED) is 0.669. The first-order chi connectivity index (χ1) is 13.7. The molecule has 9 heteroatoms. The van der Waals surface area contributed by atoms with Crippen LogP contribution in [0.2, 0.25) is 5.02 Å². The lowest BCUT2D eigenvalue weighted by atomic mass is 9.96. The minimum Gasteiger partial charge on any atom is -0.467 e. The van der Waals surface area contributed by atoms with Crippen molar-refractivity contribution >= 4 is 17.7 Å². The first-order valence-electron chi connectivity index (χ1n) is 9.10. The molecule has 7 nitrogen and oxygen atoms in total. The van der Waals surface area contributed by atoms with E-state index in [0.29, 0.717) is 30.1 Å². The van der Waals surface area contributed by atoms with Crippen LogP contribution in [0, 0.1) is 5.82 Å². The highest BCUT2D eigenvalue weighted by Crippen LogP contribution is 2.34. The summed E-state index contributed by atoms with van der Waals surface area (Å²) in [5.74, 6) is -0.153. The van der Waals surface area contributed by atoms with Crippen molar-refractivity contribution in [2.24, 2.45) is 0 Å². The number of halogens is 2. The maximum atomic E-state index is 14.0. The van der Waals surface area contributed by atoms with Crippen molar-refractivity contribution in [1.82, 2.24) is 15.1 Å². The molecule has 2 aromatic rings. The molecule has 1 aromatic heterocycles. The van der Waals surface area contributed by atoms with Crippen LogP contribution in [0.25, 0.3) is 11.3 Å². The lowest BCUT2D eigenvalue weighted by Gasteiger charge is -2.39. The zero-order chi connectivity index (χ0) is 21.2. The molecule has 1 saturated heterocycles. The van der Waals surface area contributed by atoms with Crippen LogP contribution >= 0.6 is 11.6 Å². The van der Waals surface area contributed by atoms with Crippen LogP contribution in [0.1, 0.15) is 32.4 Å². The van der Waals surface area contributed by atoms with Gasteiger partial charge in [-0.1, -0.05) is 11.6 Å². The molecule has 1 aliphatic heterocycles. The topological polar surface area (TPSA) is 73.8 Å². The van der Waals surface area contributed by atoms with E-state index in [1.54, 1.807) is 11.0 Å². The Bertz CT molecular complexity index is 881. The number of hydrogen-bond acceptors (Lipinski definition) is 6. The highest BCUT2D eigenvalue weighted by atomic mass is 35.5. The standard InChI is InChI=1S/C20H23ClFN3O4/c1-20(2,3)29-19(26)25-9-12(10-25)16-5-6-17(24-23-16)13-7-15(22)14(21)8-18(13)28-11-27-4/h5-8,12H,9-11H2,1-4H3. The predicted molar refractivity (Wildman–Crippen MR) is 105 cm³/mol. The van der Waals surface area contributed by atoms with E-state index < -0.39 is 11.4 Å². The number of amides is 1. The van der Waals surface area contributed by atoms with Gasteiger partial charge in [-0.05, 0) is 39.0 Å². The Balaban J connectivity index is 1.70. The van der Waals surface area contributed by atoms with E-state index in [9.17, 15) is 9.18 Å². The van der Waals surface area contributed by atoms with E-state index in [-0.39, 0.29) is 23.8 Å². The molecule has 0 spiro atoms. The number of methoxy groups -OCH3 is 1. The first kappa shape index (κ1) is 21.3. The van der Waals surface area contributed by atoms with E-state index >= 15 is 0 Å². The van der Waals surface area contributed by atoms with Gasteiger partial charge < -0.3 is 19.1 Å². The van der Waals surface area contributed by atoms with Gasteiger partial charge in [-0.2, -0.15) is 10.2 Å². The van der Waals surface area contributed by atoms with Gasteiger partial charge in [-0.25, -0.2) is 9.18 Å². The lowest BCUT2D eigenvalue weighted by molar-refractivity contribution is 0.00780. The molecule has 29 heavy (non-hydrogen) atoms. The fraction of sp³-hybridized carbons (Fsp3) is 0.450. The van der Waals surface area contributed by atoms with Crippen molar-refractivity contribution < 1.29 is 23.4 Å². The molecule has 0 unspecified atom stereocenters. The van der Waals surface area contributed by atoms with Crippen LogP contribution in [0.15, 0.2) is 24.3 Å². The van der Waals surface area contributed by atoms with E-state index in [4.69, 9.17) is 25.8 Å². The van der Waals surface area contributed by atoms with Gasteiger partial charge in [0.2, 0.25) is 0 Å². The molecule has 0 aliphatic carbocycles. The summed E-state index contributed by atoms with van der Waals surface area (Å²) in [4.78, 5) is 13.7. The third kappa shape index (κ3) is 5.13. The summed E-state index contributed by atoms with van der Waals surface area (Å²) in [5.41, 5.74) is 1.09. The van der Waals surface area contributed by atoms with Crippen LogP contribution < -0.4 is 4.74 Å². The number of likely N-dealkylation sites (tertiary alicyclic amines) is 1. The second-order valence-electron chi connectivity index (χ2n) is 7.74. The molecule has 156 valence electrons. The van der Waals surface area contributed by atoms with Gasteiger partial charge in [-0.15, -0.1) is 0 Å². The Hall–Kier alpha value is -2.45. The minimum absolute atomic E-state index is 0.0109. The molecule has 1 aromatic carbocycles. The Morgan fingerprint density at radius 2 is 2.00 bits per heavy atom. The number of ether oxygens (including phenoxy) is 3. The van der Waals surface area contributed by atoms with Crippen LogP contribution in [0.3, 0.4) is 0 Å². The molecule has 2 heterocycles. The van der Waals surface area contributed by atoms with Crippen molar-refractivity contribution in [1.29, 1.82) is 0 Å². The second kappa shape index (κ2) is 8.51. The number of rotatable bonds is 5. The highest BCUT2D eigenvalue weighted by molar-refractivity contribution is 6.31. The summed E-state index contributed by atoms with van der Waals surface area (Å²) in [6, 6.07) is 6.18. The summed E-state index contributed by atoms with van der Waals surface area (Å²) in [5, 5.41) is 8.40. The van der Waals surface area contributed by atoms with Gasteiger partial charge in [-0.3, -0.25) is 0 Å². The van der Waals surface area contributed by atoms with Gasteiger partial charge >= 0.3 is 6.09 Å². The zero-order valence-electron chi connectivity index (χ0n) is 16.7. The van der Waals surface area contributed by atoms with Crippen LogP contribution in [-0.2, 0) is 9.47 Å². The van der Waals surface area contributed by atoms with Crippen molar-refractivity contribution in [3.8, 4) is 17.0 Å². The molecule has 0 atom stereocenters. The Kier molecular flexibility index (Phi) is 6.24. The smallest absolute Gasteiger partial charge is 0.410 e. The molecule has 0 saturated carbocycles. The van der Waals surface area contributed by atoms with Crippen LogP contribution in [0.4, 0.5) is 9.18 Å². The van der Waals surface area contributed by atoms with Gasteiger partial charge in [0, 0.05) is 37.7 Å². The molecule has 3 rings (SSSR count). The average molecular weight is 424 g/mol. The van der Waals surface area contributed by atoms with Crippen molar-refractivity contribution in [2.75, 3.05) is 27.0 Å². The molecule has 0 N–H and O–H groups in total. The van der Waals surface area contributed by atoms with Gasteiger partial charge in [0.25, 0.3) is 0 Å². The third-order valence-electron chi connectivity index (χ3n) is 4.27. The van der Waals surface area contributed by atoms with E-state index in [1.165, 1.54) is 19.2 Å². The Labute approximate surface area is 173 Å². The van der Waals surface area contributed by atoms with E-state index in [2.05, 4.69) is 10.2 Å². The molecule has 0 bridgehead atoms. The van der Waals surface area contributed by atoms with Gasteiger partial charge in [0.15, 0.2) is 6.79 Å². The Morgan fingerprint density at radius 3 is 2.59 bits per heavy atom. The van der Waals surface area contributed by atoms with Gasteiger partial charge in [0.1, 0.15) is 17.2 Å². The maximum absolute atomic E-state index is 14.0. The molecule has 1 fully saturated rings. The second-order valence-corrected chi connectivity index (χ2v) is 8.15. The normalized spacial score (nSPS) is 14.5. The van der Waals surface area contributed by atoms with Crippen LogP contribution in [-0.4, -0.2) is 53.8 Å². The van der Waals surface area contributed by atoms with Gasteiger partial charge in [0.05, 0.1) is 16.4 Å². The Morgan fingerprint density at radius 1 is 1.28 bits per heavy atom. The van der Waals surface area contributed by atoms with Crippen molar-refractivity contribution in [3.63, 3.8) is 0 Å². The molecule has 1 aliphatic rings. The summed E-state index contributed by atoms with van der Waals surface area (Å²) < 4.78 is 29.7. The number of benzene rings is 1. The maximum Gasteiger partial charge on any atom is 0.410 e. The third-order valence-corrected chi connectivity index (χ3v) is 4.56. The van der Waals surface area contributed by atoms with E-state index in [1.807, 2.05) is 26.8 Å². The van der Waals surface area contributed by atoms with Crippen molar-refractivity contribution in [2.45, 2.75) is 32.3 Å². The molecule has 0 radical (unpaired) electrons. The molecule has 1 amide bonds. The lowest BCUT2D eigenvalue weighted by Crippen LogP contribution is -2.50. The number of aromatic nitrogens is 2. The average Bonchev–Trinajstić information content (AvgIpc) is 2.60. The fourth-order valence-electron chi connectivity index (χ4n) is 2.82. The molecular formula is C20H23ClFN3O4. The number of carbonyl (C=O) groups is 1. The first-order valence-corrected chi connectivity index (χ1v) is 9.48. The fourth-order valence-corrected chi connectivity index (χ4v) is 2.97.